The first kappa shape index (κ1) is 35.3. The summed E-state index contributed by atoms with van der Waals surface area (Å²) in [5.41, 5.74) is -5.11. The lowest BCUT2D eigenvalue weighted by Crippen LogP contribution is -2.48. The summed E-state index contributed by atoms with van der Waals surface area (Å²) >= 11 is 0. The Bertz CT molecular complexity index is 1570. The zero-order valence-electron chi connectivity index (χ0n) is 24.9. The van der Waals surface area contributed by atoms with Crippen molar-refractivity contribution in [2.24, 2.45) is 0 Å². The zero-order chi connectivity index (χ0) is 34.9. The van der Waals surface area contributed by atoms with Gasteiger partial charge < -0.3 is 14.4 Å². The fraction of sp³-hybridized carbons (Fsp3) is 0.464. The van der Waals surface area contributed by atoms with E-state index in [4.69, 9.17) is 4.74 Å². The Hall–Kier alpha value is -4.58. The Balaban J connectivity index is 1.96. The van der Waals surface area contributed by atoms with Crippen molar-refractivity contribution in [3.8, 4) is 0 Å². The quantitative estimate of drug-likeness (QED) is 0.189. The number of hydrogen-bond acceptors (Lipinski definition) is 8. The molecular weight excluding hydrogens is 655 g/mol. The van der Waals surface area contributed by atoms with Crippen LogP contribution in [0.5, 0.6) is 0 Å². The molecule has 0 saturated carbocycles. The second kappa shape index (κ2) is 13.3. The van der Waals surface area contributed by atoms with Crippen LogP contribution in [-0.4, -0.2) is 52.0 Å². The van der Waals surface area contributed by atoms with Crippen molar-refractivity contribution >= 4 is 23.7 Å². The van der Waals surface area contributed by atoms with Crippen molar-refractivity contribution < 1.29 is 58.6 Å². The first-order valence-electron chi connectivity index (χ1n) is 13.9. The molecule has 0 aliphatic carbocycles. The zero-order valence-corrected chi connectivity index (χ0v) is 24.9. The number of esters is 1. The van der Waals surface area contributed by atoms with E-state index in [-0.39, 0.29) is 36.8 Å². The number of rotatable bonds is 8. The van der Waals surface area contributed by atoms with Crippen LogP contribution in [0.15, 0.2) is 36.4 Å². The summed E-state index contributed by atoms with van der Waals surface area (Å²) in [6, 6.07) is 1.36. The summed E-state index contributed by atoms with van der Waals surface area (Å²) in [7, 11) is 1.07. The molecule has 1 aliphatic heterocycles. The van der Waals surface area contributed by atoms with E-state index in [0.717, 1.165) is 39.9 Å². The van der Waals surface area contributed by atoms with Gasteiger partial charge >= 0.3 is 30.6 Å². The number of halogens is 9. The van der Waals surface area contributed by atoms with Gasteiger partial charge in [0, 0.05) is 12.6 Å². The fourth-order valence-electron chi connectivity index (χ4n) is 5.21. The molecule has 0 radical (unpaired) electrons. The number of anilines is 2. The molecule has 1 aliphatic rings. The minimum absolute atomic E-state index is 0.0356. The number of ether oxygens (including phenoxy) is 2. The first-order valence-corrected chi connectivity index (χ1v) is 13.9. The Kier molecular flexibility index (Phi) is 9.96. The van der Waals surface area contributed by atoms with Crippen molar-refractivity contribution in [1.29, 1.82) is 0 Å². The number of tetrazole rings is 1. The van der Waals surface area contributed by atoms with Gasteiger partial charge in [0.2, 0.25) is 0 Å². The molecule has 2 atom stereocenters. The lowest BCUT2D eigenvalue weighted by atomic mass is 9.87. The number of alkyl halides is 9. The highest BCUT2D eigenvalue weighted by molar-refractivity contribution is 5.90. The maximum absolute atomic E-state index is 13.9. The molecule has 2 aromatic carbocycles. The van der Waals surface area contributed by atoms with E-state index < -0.39 is 84.0 Å². The van der Waals surface area contributed by atoms with Crippen LogP contribution in [0.4, 0.5) is 55.9 Å². The van der Waals surface area contributed by atoms with Gasteiger partial charge in [0.15, 0.2) is 6.54 Å². The maximum Gasteiger partial charge on any atom is 0.416 e. The summed E-state index contributed by atoms with van der Waals surface area (Å²) in [6.07, 6.45) is -16.1. The highest BCUT2D eigenvalue weighted by Gasteiger charge is 2.43. The number of nitrogens with zero attached hydrogens (tertiary/aromatic N) is 6. The molecule has 0 spiro atoms. The summed E-state index contributed by atoms with van der Waals surface area (Å²) in [5, 5.41) is 11.6. The number of amides is 1. The van der Waals surface area contributed by atoms with Crippen molar-refractivity contribution in [3.63, 3.8) is 0 Å². The number of hydrogen-bond donors (Lipinski definition) is 0. The van der Waals surface area contributed by atoms with E-state index in [1.807, 2.05) is 0 Å². The average Bonchev–Trinajstić information content (AvgIpc) is 3.45. The van der Waals surface area contributed by atoms with Crippen molar-refractivity contribution in [2.75, 3.05) is 23.5 Å². The standard InChI is InChI=1S/C28H27F9N6O4/c1-4-19-12-22(20-11-16(26(29,30)31)6-7-21(20)43(19)25(45)47-5-2)41(24-38-40-42(39-24)14-23(44)46-3)13-15-8-17(27(32,33)34)10-18(9-15)28(35,36)37/h6-11,19,22H,4-5,12-14H2,1-3H3/t19-,22+/m1/s1. The predicted molar refractivity (Wildman–Crippen MR) is 145 cm³/mol. The number of aromatic nitrogens is 4. The minimum atomic E-state index is -5.19. The SMILES string of the molecule is CCOC(=O)N1c2ccc(C(F)(F)F)cc2[C@@H](N(Cc2cc(C(F)(F)F)cc(C(F)(F)F)c2)c2nnn(CC(=O)OC)n2)C[C@H]1CC. The van der Waals surface area contributed by atoms with Crippen LogP contribution in [0.1, 0.15) is 60.5 Å². The van der Waals surface area contributed by atoms with Gasteiger partial charge in [-0.05, 0) is 72.5 Å². The minimum Gasteiger partial charge on any atom is -0.468 e. The Morgan fingerprint density at radius 1 is 0.915 bits per heavy atom. The number of carbonyl (C=O) groups is 2. The summed E-state index contributed by atoms with van der Waals surface area (Å²) < 4.78 is 134. The molecule has 4 rings (SSSR count). The lowest BCUT2D eigenvalue weighted by Gasteiger charge is -2.43. The molecular formula is C28H27F9N6O4. The number of carbonyl (C=O) groups excluding carboxylic acids is 2. The molecule has 0 unspecified atom stereocenters. The molecule has 256 valence electrons. The summed E-state index contributed by atoms with van der Waals surface area (Å²) in [6.45, 7) is 1.75. The number of benzene rings is 2. The first-order chi connectivity index (χ1) is 21.9. The Labute approximate surface area is 261 Å². The normalized spacial score (nSPS) is 16.9. The summed E-state index contributed by atoms with van der Waals surface area (Å²) in [4.78, 5) is 27.8. The highest BCUT2D eigenvalue weighted by atomic mass is 19.4. The molecule has 0 N–H and O–H groups in total. The molecule has 3 aromatic rings. The molecule has 0 bridgehead atoms. The monoisotopic (exact) mass is 682 g/mol. The topological polar surface area (TPSA) is 103 Å². The fourth-order valence-corrected chi connectivity index (χ4v) is 5.21. The van der Waals surface area contributed by atoms with Gasteiger partial charge in [-0.15, -0.1) is 5.10 Å². The molecule has 1 aromatic heterocycles. The van der Waals surface area contributed by atoms with Crippen LogP contribution in [0.25, 0.3) is 0 Å². The van der Waals surface area contributed by atoms with Crippen LogP contribution >= 0.6 is 0 Å². The van der Waals surface area contributed by atoms with Gasteiger partial charge in [-0.25, -0.2) is 9.59 Å². The number of fused-ring (bicyclic) bond motifs is 1. The van der Waals surface area contributed by atoms with Crippen LogP contribution in [0.3, 0.4) is 0 Å². The van der Waals surface area contributed by atoms with Gasteiger partial charge in [0.25, 0.3) is 5.95 Å². The molecule has 1 amide bonds. The highest BCUT2D eigenvalue weighted by Crippen LogP contribution is 2.46. The number of methoxy groups -OCH3 is 1. The van der Waals surface area contributed by atoms with Crippen LogP contribution < -0.4 is 9.80 Å². The van der Waals surface area contributed by atoms with E-state index in [1.165, 1.54) is 6.92 Å². The molecule has 19 heteroatoms. The van der Waals surface area contributed by atoms with Crippen LogP contribution in [0, 0.1) is 0 Å². The van der Waals surface area contributed by atoms with Crippen LogP contribution in [-0.2, 0) is 45.9 Å². The van der Waals surface area contributed by atoms with E-state index >= 15 is 0 Å². The van der Waals surface area contributed by atoms with E-state index in [2.05, 4.69) is 20.1 Å². The average molecular weight is 683 g/mol. The second-order valence-corrected chi connectivity index (χ2v) is 10.4. The third-order valence-corrected chi connectivity index (χ3v) is 7.34. The Morgan fingerprint density at radius 3 is 2.06 bits per heavy atom. The van der Waals surface area contributed by atoms with E-state index in [1.54, 1.807) is 6.92 Å². The predicted octanol–water partition coefficient (Wildman–Crippen LogP) is 6.80. The van der Waals surface area contributed by atoms with E-state index in [9.17, 15) is 49.1 Å². The largest absolute Gasteiger partial charge is 0.468 e. The van der Waals surface area contributed by atoms with Crippen molar-refractivity contribution in [1.82, 2.24) is 20.2 Å². The smallest absolute Gasteiger partial charge is 0.416 e. The van der Waals surface area contributed by atoms with Crippen LogP contribution in [0.2, 0.25) is 0 Å². The molecule has 2 heterocycles. The molecule has 0 saturated heterocycles. The molecule has 10 nitrogen and oxygen atoms in total. The van der Waals surface area contributed by atoms with Crippen molar-refractivity contribution in [3.05, 3.63) is 64.2 Å². The van der Waals surface area contributed by atoms with Gasteiger partial charge in [0.05, 0.1) is 42.1 Å². The maximum atomic E-state index is 13.9. The molecule has 47 heavy (non-hydrogen) atoms. The third kappa shape index (κ3) is 7.87. The third-order valence-electron chi connectivity index (χ3n) is 7.34. The van der Waals surface area contributed by atoms with Gasteiger partial charge in [0.1, 0.15) is 0 Å². The van der Waals surface area contributed by atoms with Gasteiger partial charge in [-0.1, -0.05) is 12.0 Å². The van der Waals surface area contributed by atoms with Gasteiger partial charge in [-0.3, -0.25) is 4.90 Å². The van der Waals surface area contributed by atoms with E-state index in [0.29, 0.717) is 12.1 Å². The van der Waals surface area contributed by atoms with Gasteiger partial charge in [-0.2, -0.15) is 44.3 Å². The van der Waals surface area contributed by atoms with Crippen molar-refractivity contribution in [2.45, 2.75) is 70.4 Å². The summed E-state index contributed by atoms with van der Waals surface area (Å²) in [5.74, 6) is -1.27. The molecule has 0 fully saturated rings. The Morgan fingerprint density at radius 2 is 1.53 bits per heavy atom. The second-order valence-electron chi connectivity index (χ2n) is 10.4. The lowest BCUT2D eigenvalue weighted by molar-refractivity contribution is -0.143.